The monoisotopic (exact) mass is 563 g/mol. The maximum absolute atomic E-state index is 13.2. The fraction of sp³-hybridized carbons (Fsp3) is 0.548. The number of rotatable bonds is 8. The van der Waals surface area contributed by atoms with Crippen molar-refractivity contribution in [1.29, 1.82) is 0 Å². The van der Waals surface area contributed by atoms with Crippen LogP contribution in [0.4, 0.5) is 16.2 Å². The molecule has 0 atom stereocenters. The largest absolute Gasteiger partial charge is 0.494 e. The fourth-order valence-electron chi connectivity index (χ4n) is 6.09. The van der Waals surface area contributed by atoms with Gasteiger partial charge in [0.2, 0.25) is 0 Å². The predicted octanol–water partition coefficient (Wildman–Crippen LogP) is 4.72. The molecule has 1 aromatic heterocycles. The summed E-state index contributed by atoms with van der Waals surface area (Å²) in [7, 11) is 0. The first-order chi connectivity index (χ1) is 20.0. The number of benzene rings is 1. The second kappa shape index (κ2) is 13.7. The second-order valence-electron chi connectivity index (χ2n) is 11.4. The lowest BCUT2D eigenvalue weighted by Gasteiger charge is -2.35. The van der Waals surface area contributed by atoms with Gasteiger partial charge in [0.25, 0.3) is 5.91 Å². The minimum Gasteiger partial charge on any atom is -0.494 e. The Morgan fingerprint density at radius 1 is 0.902 bits per heavy atom. The lowest BCUT2D eigenvalue weighted by atomic mass is 9.87. The molecule has 10 nitrogen and oxygen atoms in total. The van der Waals surface area contributed by atoms with Crippen LogP contribution in [0, 0.1) is 11.8 Å². The lowest BCUT2D eigenvalue weighted by molar-refractivity contribution is -0.142. The number of carbonyl (C=O) groups is 3. The molecule has 2 N–H and O–H groups in total. The Hall–Kier alpha value is -3.82. The first-order valence-electron chi connectivity index (χ1n) is 15.0. The van der Waals surface area contributed by atoms with Crippen LogP contribution in [0.1, 0.15) is 61.7 Å². The summed E-state index contributed by atoms with van der Waals surface area (Å²) in [6, 6.07) is 9.06. The molecule has 3 fully saturated rings. The molecule has 41 heavy (non-hydrogen) atoms. The highest BCUT2D eigenvalue weighted by Crippen LogP contribution is 2.27. The van der Waals surface area contributed by atoms with Crippen molar-refractivity contribution >= 4 is 29.3 Å². The third-order valence-electron chi connectivity index (χ3n) is 8.64. The third kappa shape index (κ3) is 7.68. The number of ether oxygens (including phenoxy) is 1. The summed E-state index contributed by atoms with van der Waals surface area (Å²) in [6.45, 7) is 3.74. The van der Waals surface area contributed by atoms with E-state index in [1.54, 1.807) is 22.2 Å². The van der Waals surface area contributed by atoms with E-state index < -0.39 is 5.97 Å². The van der Waals surface area contributed by atoms with E-state index in [0.717, 1.165) is 23.8 Å². The minimum atomic E-state index is -0.742. The molecule has 2 saturated heterocycles. The van der Waals surface area contributed by atoms with Gasteiger partial charge in [0.05, 0.1) is 36.3 Å². The molecule has 1 aromatic carbocycles. The van der Waals surface area contributed by atoms with Crippen molar-refractivity contribution in [1.82, 2.24) is 14.8 Å². The van der Waals surface area contributed by atoms with Gasteiger partial charge in [-0.05, 0) is 49.4 Å². The van der Waals surface area contributed by atoms with Crippen LogP contribution in [0.2, 0.25) is 0 Å². The molecule has 3 heterocycles. The highest BCUT2D eigenvalue weighted by molar-refractivity contribution is 5.95. The molecule has 0 spiro atoms. The van der Waals surface area contributed by atoms with E-state index in [1.165, 1.54) is 32.1 Å². The number of nitrogens with zero attached hydrogens (tertiary/aromatic N) is 4. The molecule has 1 saturated carbocycles. The van der Waals surface area contributed by atoms with Gasteiger partial charge in [-0.25, -0.2) is 4.79 Å². The number of anilines is 2. The van der Waals surface area contributed by atoms with Crippen LogP contribution in [0.5, 0.6) is 5.75 Å². The van der Waals surface area contributed by atoms with Gasteiger partial charge in [-0.2, -0.15) is 0 Å². The molecule has 0 radical (unpaired) electrons. The van der Waals surface area contributed by atoms with E-state index in [-0.39, 0.29) is 17.9 Å². The number of hydrogen-bond donors (Lipinski definition) is 2. The Balaban J connectivity index is 1.08. The molecule has 220 valence electrons. The van der Waals surface area contributed by atoms with Gasteiger partial charge in [0.15, 0.2) is 0 Å². The van der Waals surface area contributed by atoms with Crippen LogP contribution in [-0.4, -0.2) is 83.7 Å². The predicted molar refractivity (Wildman–Crippen MR) is 156 cm³/mol. The number of carbonyl (C=O) groups excluding carboxylic acids is 2. The number of aromatic nitrogens is 1. The number of carboxylic acids is 1. The molecule has 10 heteroatoms. The van der Waals surface area contributed by atoms with Crippen molar-refractivity contribution in [2.45, 2.75) is 51.4 Å². The maximum atomic E-state index is 13.2. The van der Waals surface area contributed by atoms with Crippen LogP contribution in [0.15, 0.2) is 42.7 Å². The molecular formula is C31H41N5O5. The zero-order chi connectivity index (χ0) is 28.6. The van der Waals surface area contributed by atoms with E-state index >= 15 is 0 Å². The van der Waals surface area contributed by atoms with Crippen LogP contribution in [0.3, 0.4) is 0 Å². The van der Waals surface area contributed by atoms with Crippen molar-refractivity contribution in [3.63, 3.8) is 0 Å². The van der Waals surface area contributed by atoms with Gasteiger partial charge >= 0.3 is 12.0 Å². The summed E-state index contributed by atoms with van der Waals surface area (Å²) in [5.74, 6) is 0.387. The molecule has 0 bridgehead atoms. The SMILES string of the molecule is O=C(O)C1CCN(c2cncc(NC(=O)N3CCN(C(=O)c4cccc(OCCC5CCCCC5)c4)CC3)c2)CC1. The zero-order valence-corrected chi connectivity index (χ0v) is 23.7. The molecule has 5 rings (SSSR count). The first kappa shape index (κ1) is 28.7. The van der Waals surface area contributed by atoms with Crippen molar-refractivity contribution in [2.75, 3.05) is 56.1 Å². The highest BCUT2D eigenvalue weighted by Gasteiger charge is 2.27. The number of hydrogen-bond acceptors (Lipinski definition) is 6. The summed E-state index contributed by atoms with van der Waals surface area (Å²) >= 11 is 0. The zero-order valence-electron chi connectivity index (χ0n) is 23.7. The number of urea groups is 1. The Labute approximate surface area is 241 Å². The van der Waals surface area contributed by atoms with E-state index in [1.807, 2.05) is 30.3 Å². The summed E-state index contributed by atoms with van der Waals surface area (Å²) in [6.07, 6.45) is 12.2. The van der Waals surface area contributed by atoms with Gasteiger partial charge in [-0.1, -0.05) is 38.2 Å². The van der Waals surface area contributed by atoms with Crippen molar-refractivity contribution < 1.29 is 24.2 Å². The average Bonchev–Trinajstić information content (AvgIpc) is 3.01. The van der Waals surface area contributed by atoms with E-state index in [9.17, 15) is 19.5 Å². The summed E-state index contributed by atoms with van der Waals surface area (Å²) in [5, 5.41) is 12.2. The molecule has 3 amide bonds. The second-order valence-corrected chi connectivity index (χ2v) is 11.4. The lowest BCUT2D eigenvalue weighted by Crippen LogP contribution is -2.51. The molecule has 2 aliphatic heterocycles. The van der Waals surface area contributed by atoms with Crippen molar-refractivity contribution in [2.24, 2.45) is 11.8 Å². The van der Waals surface area contributed by atoms with Gasteiger partial charge < -0.3 is 29.9 Å². The number of piperidine rings is 1. The van der Waals surface area contributed by atoms with E-state index in [4.69, 9.17) is 4.74 Å². The Morgan fingerprint density at radius 3 is 2.37 bits per heavy atom. The number of amides is 3. The maximum Gasteiger partial charge on any atom is 0.322 e. The number of aliphatic carboxylic acids is 1. The van der Waals surface area contributed by atoms with Crippen LogP contribution in [-0.2, 0) is 4.79 Å². The van der Waals surface area contributed by atoms with Crippen molar-refractivity contribution in [3.05, 3.63) is 48.3 Å². The van der Waals surface area contributed by atoms with Gasteiger partial charge in [-0.3, -0.25) is 14.6 Å². The Bertz CT molecular complexity index is 1200. The summed E-state index contributed by atoms with van der Waals surface area (Å²) in [5.41, 5.74) is 2.06. The summed E-state index contributed by atoms with van der Waals surface area (Å²) in [4.78, 5) is 47.3. The Kier molecular flexibility index (Phi) is 9.59. The standard InChI is InChI=1S/C31H41N5O5/c37-29(25-7-4-8-28(19-25)41-18-11-23-5-2-1-3-6-23)35-14-16-36(17-15-35)31(40)33-26-20-27(22-32-21-26)34-12-9-24(10-13-34)30(38)39/h4,7-8,19-24H,1-3,5-6,9-18H2,(H,33,40)(H,38,39). The first-order valence-corrected chi connectivity index (χ1v) is 15.0. The number of nitrogens with one attached hydrogen (secondary N) is 1. The quantitative estimate of drug-likeness (QED) is 0.478. The van der Waals surface area contributed by atoms with Crippen LogP contribution >= 0.6 is 0 Å². The average molecular weight is 564 g/mol. The van der Waals surface area contributed by atoms with Crippen LogP contribution in [0.25, 0.3) is 0 Å². The van der Waals surface area contributed by atoms with Crippen molar-refractivity contribution in [3.8, 4) is 5.75 Å². The fourth-order valence-corrected chi connectivity index (χ4v) is 6.09. The Morgan fingerprint density at radius 2 is 1.63 bits per heavy atom. The molecule has 3 aliphatic rings. The van der Waals surface area contributed by atoms with Gasteiger partial charge in [-0.15, -0.1) is 0 Å². The number of carboxylic acid groups (broad SMARTS) is 1. The third-order valence-corrected chi connectivity index (χ3v) is 8.64. The molecular weight excluding hydrogens is 522 g/mol. The highest BCUT2D eigenvalue weighted by atomic mass is 16.5. The smallest absolute Gasteiger partial charge is 0.322 e. The van der Waals surface area contributed by atoms with Gasteiger partial charge in [0, 0.05) is 44.8 Å². The van der Waals surface area contributed by atoms with E-state index in [2.05, 4.69) is 15.2 Å². The molecule has 1 aliphatic carbocycles. The minimum absolute atomic E-state index is 0.0497. The van der Waals surface area contributed by atoms with Crippen LogP contribution < -0.4 is 15.0 Å². The summed E-state index contributed by atoms with van der Waals surface area (Å²) < 4.78 is 5.99. The normalized spacial score (nSPS) is 18.7. The number of piperazine rings is 1. The number of pyridine rings is 1. The molecule has 0 unspecified atom stereocenters. The van der Waals surface area contributed by atoms with Gasteiger partial charge in [0.1, 0.15) is 5.75 Å². The topological polar surface area (TPSA) is 115 Å². The van der Waals surface area contributed by atoms with E-state index in [0.29, 0.717) is 70.0 Å². The molecule has 2 aromatic rings.